The number of aromatic nitrogens is 3. The standard InChI is InChI=1S/C28H37N3O6S/c1-19-10-12-23(13-11-19)38(33,34)36-18-20(2)9-8-14-35-26-24(17-29-31(26)7)25-16-22(15-21(3)30-25)27(32)37-28(4,5)6/h10-13,15-17,20H,8-9,14,18H2,1-7H3/t20-/m1/s1. The molecule has 0 amide bonds. The fraction of sp³-hybridized carbons (Fsp3) is 0.464. The van der Waals surface area contributed by atoms with E-state index in [2.05, 4.69) is 10.1 Å². The number of carbonyl (C=O) groups excluding carboxylic acids is 1. The normalized spacial score (nSPS) is 12.8. The van der Waals surface area contributed by atoms with Gasteiger partial charge in [-0.2, -0.15) is 13.5 Å². The summed E-state index contributed by atoms with van der Waals surface area (Å²) in [7, 11) is -2.01. The van der Waals surface area contributed by atoms with Crippen LogP contribution in [0.4, 0.5) is 0 Å². The highest BCUT2D eigenvalue weighted by molar-refractivity contribution is 7.86. The van der Waals surface area contributed by atoms with Gasteiger partial charge in [0, 0.05) is 12.7 Å². The van der Waals surface area contributed by atoms with Crippen LogP contribution in [0.25, 0.3) is 11.3 Å². The molecule has 9 nitrogen and oxygen atoms in total. The fourth-order valence-corrected chi connectivity index (χ4v) is 4.71. The van der Waals surface area contributed by atoms with Crippen molar-refractivity contribution in [1.82, 2.24) is 14.8 Å². The van der Waals surface area contributed by atoms with Gasteiger partial charge in [-0.1, -0.05) is 24.6 Å². The molecule has 0 saturated carbocycles. The highest BCUT2D eigenvalue weighted by Crippen LogP contribution is 2.30. The first-order valence-corrected chi connectivity index (χ1v) is 14.0. The molecule has 1 atom stereocenters. The van der Waals surface area contributed by atoms with E-state index >= 15 is 0 Å². The lowest BCUT2D eigenvalue weighted by Gasteiger charge is -2.19. The molecular formula is C28H37N3O6S. The van der Waals surface area contributed by atoms with Crippen molar-refractivity contribution < 1.29 is 26.9 Å². The molecule has 0 radical (unpaired) electrons. The molecule has 0 N–H and O–H groups in total. The zero-order valence-electron chi connectivity index (χ0n) is 23.1. The molecule has 3 rings (SSSR count). The third-order valence-electron chi connectivity index (χ3n) is 5.65. The maximum absolute atomic E-state index is 12.6. The van der Waals surface area contributed by atoms with Crippen LogP contribution < -0.4 is 4.74 Å². The van der Waals surface area contributed by atoms with Gasteiger partial charge in [0.15, 0.2) is 0 Å². The smallest absolute Gasteiger partial charge is 0.338 e. The molecule has 0 aliphatic rings. The van der Waals surface area contributed by atoms with Gasteiger partial charge in [0.05, 0.1) is 41.1 Å². The Labute approximate surface area is 225 Å². The number of pyridine rings is 1. The summed E-state index contributed by atoms with van der Waals surface area (Å²) in [6.07, 6.45) is 3.05. The zero-order chi connectivity index (χ0) is 28.1. The van der Waals surface area contributed by atoms with Gasteiger partial charge in [0.1, 0.15) is 5.60 Å². The summed E-state index contributed by atoms with van der Waals surface area (Å²) in [6, 6.07) is 9.96. The summed E-state index contributed by atoms with van der Waals surface area (Å²) in [4.78, 5) is 17.4. The van der Waals surface area contributed by atoms with E-state index in [-0.39, 0.29) is 17.4 Å². The number of benzene rings is 1. The van der Waals surface area contributed by atoms with Gasteiger partial charge in [-0.25, -0.2) is 9.48 Å². The molecule has 0 aliphatic carbocycles. The molecule has 206 valence electrons. The molecule has 0 unspecified atom stereocenters. The van der Waals surface area contributed by atoms with Crippen molar-refractivity contribution in [2.45, 2.75) is 64.9 Å². The van der Waals surface area contributed by atoms with E-state index in [1.807, 2.05) is 41.5 Å². The van der Waals surface area contributed by atoms with Crippen molar-refractivity contribution in [3.8, 4) is 17.1 Å². The van der Waals surface area contributed by atoms with Crippen molar-refractivity contribution in [1.29, 1.82) is 0 Å². The van der Waals surface area contributed by atoms with Crippen LogP contribution in [0, 0.1) is 19.8 Å². The van der Waals surface area contributed by atoms with Crippen molar-refractivity contribution in [2.75, 3.05) is 13.2 Å². The third kappa shape index (κ3) is 8.13. The Hall–Kier alpha value is -3.24. The van der Waals surface area contributed by atoms with Gasteiger partial charge in [-0.3, -0.25) is 9.17 Å². The highest BCUT2D eigenvalue weighted by atomic mass is 32.2. The number of rotatable bonds is 11. The lowest BCUT2D eigenvalue weighted by molar-refractivity contribution is 0.00692. The molecule has 3 aromatic rings. The predicted molar refractivity (Wildman–Crippen MR) is 145 cm³/mol. The summed E-state index contributed by atoms with van der Waals surface area (Å²) in [6.45, 7) is 11.6. The Morgan fingerprint density at radius 3 is 2.45 bits per heavy atom. The Bertz CT molecular complexity index is 1360. The number of carbonyl (C=O) groups is 1. The minimum Gasteiger partial charge on any atom is -0.477 e. The predicted octanol–water partition coefficient (Wildman–Crippen LogP) is 5.25. The number of esters is 1. The molecular weight excluding hydrogens is 506 g/mol. The van der Waals surface area contributed by atoms with Crippen LogP contribution in [0.2, 0.25) is 0 Å². The zero-order valence-corrected chi connectivity index (χ0v) is 24.0. The fourth-order valence-electron chi connectivity index (χ4n) is 3.70. The van der Waals surface area contributed by atoms with E-state index < -0.39 is 21.7 Å². The molecule has 0 aliphatic heterocycles. The summed E-state index contributed by atoms with van der Waals surface area (Å²) in [5.41, 5.74) is 2.69. The summed E-state index contributed by atoms with van der Waals surface area (Å²) < 4.78 is 43.3. The van der Waals surface area contributed by atoms with Crippen molar-refractivity contribution in [2.24, 2.45) is 13.0 Å². The van der Waals surface area contributed by atoms with Crippen molar-refractivity contribution >= 4 is 16.1 Å². The largest absolute Gasteiger partial charge is 0.477 e. The Morgan fingerprint density at radius 2 is 1.79 bits per heavy atom. The number of nitrogens with zero attached hydrogens (tertiary/aromatic N) is 3. The molecule has 2 heterocycles. The van der Waals surface area contributed by atoms with Crippen LogP contribution in [0.3, 0.4) is 0 Å². The van der Waals surface area contributed by atoms with Crippen LogP contribution in [-0.4, -0.2) is 48.0 Å². The van der Waals surface area contributed by atoms with Crippen LogP contribution >= 0.6 is 0 Å². The van der Waals surface area contributed by atoms with E-state index in [1.54, 1.807) is 54.3 Å². The molecule has 38 heavy (non-hydrogen) atoms. The first kappa shape index (κ1) is 29.3. The monoisotopic (exact) mass is 543 g/mol. The second-order valence-electron chi connectivity index (χ2n) is 10.5. The van der Waals surface area contributed by atoms with Gasteiger partial charge in [-0.15, -0.1) is 0 Å². The summed E-state index contributed by atoms with van der Waals surface area (Å²) >= 11 is 0. The van der Waals surface area contributed by atoms with E-state index in [0.717, 1.165) is 5.56 Å². The number of aryl methyl sites for hydroxylation is 3. The van der Waals surface area contributed by atoms with Gasteiger partial charge < -0.3 is 9.47 Å². The minimum atomic E-state index is -3.79. The van der Waals surface area contributed by atoms with Gasteiger partial charge in [-0.05, 0) is 77.6 Å². The quantitative estimate of drug-likeness (QED) is 0.183. The third-order valence-corrected chi connectivity index (χ3v) is 6.94. The van der Waals surface area contributed by atoms with Gasteiger partial charge in [0.25, 0.3) is 10.1 Å². The maximum Gasteiger partial charge on any atom is 0.338 e. The molecule has 0 saturated heterocycles. The van der Waals surface area contributed by atoms with Crippen LogP contribution in [0.1, 0.15) is 62.2 Å². The lowest BCUT2D eigenvalue weighted by atomic mass is 10.1. The van der Waals surface area contributed by atoms with Gasteiger partial charge >= 0.3 is 5.97 Å². The first-order chi connectivity index (χ1) is 17.7. The van der Waals surface area contributed by atoms with Crippen LogP contribution in [-0.2, 0) is 26.1 Å². The molecule has 10 heteroatoms. The average molecular weight is 544 g/mol. The van der Waals surface area contributed by atoms with Crippen LogP contribution in [0.5, 0.6) is 5.88 Å². The average Bonchev–Trinajstić information content (AvgIpc) is 3.19. The minimum absolute atomic E-state index is 0.0136. The SMILES string of the molecule is Cc1ccc(S(=O)(=O)OC[C@H](C)CCCOc2c(-c3cc(C(=O)OC(C)(C)C)cc(C)n3)cnn2C)cc1. The number of ether oxygens (including phenoxy) is 2. The Kier molecular flexibility index (Phi) is 9.32. The lowest BCUT2D eigenvalue weighted by Crippen LogP contribution is -2.24. The molecule has 0 fully saturated rings. The first-order valence-electron chi connectivity index (χ1n) is 12.6. The summed E-state index contributed by atoms with van der Waals surface area (Å²) in [5, 5.41) is 4.31. The highest BCUT2D eigenvalue weighted by Gasteiger charge is 2.21. The van der Waals surface area contributed by atoms with E-state index in [1.165, 1.54) is 0 Å². The number of hydrogen-bond acceptors (Lipinski definition) is 8. The maximum atomic E-state index is 12.6. The van der Waals surface area contributed by atoms with Crippen molar-refractivity contribution in [3.63, 3.8) is 0 Å². The molecule has 0 spiro atoms. The van der Waals surface area contributed by atoms with E-state index in [9.17, 15) is 13.2 Å². The Morgan fingerprint density at radius 1 is 1.11 bits per heavy atom. The van der Waals surface area contributed by atoms with E-state index in [0.29, 0.717) is 47.8 Å². The Balaban J connectivity index is 1.58. The van der Waals surface area contributed by atoms with Gasteiger partial charge in [0.2, 0.25) is 5.88 Å². The molecule has 2 aromatic heterocycles. The molecule has 1 aromatic carbocycles. The topological polar surface area (TPSA) is 110 Å². The second-order valence-corrected chi connectivity index (χ2v) is 12.1. The molecule has 0 bridgehead atoms. The van der Waals surface area contributed by atoms with Crippen LogP contribution in [0.15, 0.2) is 47.5 Å². The summed E-state index contributed by atoms with van der Waals surface area (Å²) in [5.74, 6) is 0.125. The van der Waals surface area contributed by atoms with Crippen molar-refractivity contribution in [3.05, 3.63) is 59.4 Å². The second kappa shape index (κ2) is 12.1. The van der Waals surface area contributed by atoms with E-state index in [4.69, 9.17) is 13.7 Å². The number of hydrogen-bond donors (Lipinski definition) is 0.